The van der Waals surface area contributed by atoms with Crippen LogP contribution in [0.25, 0.3) is 143 Å². The topological polar surface area (TPSA) is 61.7 Å². The van der Waals surface area contributed by atoms with Crippen molar-refractivity contribution in [3.05, 3.63) is 224 Å². The second-order valence-corrected chi connectivity index (χ2v) is 17.9. The van der Waals surface area contributed by atoms with Gasteiger partial charge in [0.15, 0.2) is 17.5 Å². The fourth-order valence-electron chi connectivity index (χ4n) is 11.1. The van der Waals surface area contributed by atoms with Gasteiger partial charge in [-0.2, -0.15) is 0 Å². The second kappa shape index (κ2) is 14.6. The van der Waals surface area contributed by atoms with Crippen molar-refractivity contribution in [2.24, 2.45) is 0 Å². The molecular formula is C63H37N5O. The lowest BCUT2D eigenvalue weighted by atomic mass is 10.0. The number of aromatic nitrogens is 5. The first-order valence-corrected chi connectivity index (χ1v) is 23.3. The number of rotatable bonds is 5. The van der Waals surface area contributed by atoms with Crippen LogP contribution in [0, 0.1) is 0 Å². The van der Waals surface area contributed by atoms with E-state index in [1.165, 1.54) is 26.9 Å². The SMILES string of the molecule is c1ccc(-n2c3ccccc3c3cccc(-c4nc(-c5cc6oc7ccccc7c6cc5-n5c6cc7ccccc7cc6c6c7ccccc7ccc65)nc(-c5cccc6ccccc56)n4)c32)cc1. The number of hydrogen-bond acceptors (Lipinski definition) is 4. The van der Waals surface area contributed by atoms with Gasteiger partial charge in [-0.3, -0.25) is 0 Å². The molecule has 6 heteroatoms. The second-order valence-electron chi connectivity index (χ2n) is 17.9. The van der Waals surface area contributed by atoms with Crippen molar-refractivity contribution in [3.63, 3.8) is 0 Å². The van der Waals surface area contributed by atoms with Gasteiger partial charge in [-0.25, -0.2) is 15.0 Å². The van der Waals surface area contributed by atoms with Gasteiger partial charge in [-0.05, 0) is 93.0 Å². The number of nitrogens with zero attached hydrogens (tertiary/aromatic N) is 5. The summed E-state index contributed by atoms with van der Waals surface area (Å²) in [6, 6.07) is 79.7. The molecular weight excluding hydrogens is 843 g/mol. The Morgan fingerprint density at radius 3 is 1.72 bits per heavy atom. The first-order chi connectivity index (χ1) is 34.2. The molecule has 0 radical (unpaired) electrons. The van der Waals surface area contributed by atoms with Gasteiger partial charge in [0.1, 0.15) is 11.2 Å². The van der Waals surface area contributed by atoms with Gasteiger partial charge < -0.3 is 13.6 Å². The highest BCUT2D eigenvalue weighted by Crippen LogP contribution is 2.45. The van der Waals surface area contributed by atoms with E-state index in [4.69, 9.17) is 19.4 Å². The van der Waals surface area contributed by atoms with Gasteiger partial charge >= 0.3 is 0 Å². The summed E-state index contributed by atoms with van der Waals surface area (Å²) < 4.78 is 11.5. The molecule has 0 unspecified atom stereocenters. The fraction of sp³-hybridized carbons (Fsp3) is 0. The van der Waals surface area contributed by atoms with Crippen molar-refractivity contribution in [2.75, 3.05) is 0 Å². The standard InChI is InChI=1S/C63H37N5O/c1-2-21-42(22-3-1)67-53-30-12-10-25-45(53)47-27-15-29-49(60(47)67)62-64-61(48-28-14-20-38-16-6-8-23-43(38)48)65-63(66-62)52-37-58-50(46-26-11-13-31-57(46)69-58)36-56(52)68-54-33-32-39-17-7-9-24-44(39)59(54)51-34-40-18-4-5-19-41(40)35-55(51)68/h1-37H. The summed E-state index contributed by atoms with van der Waals surface area (Å²) in [5.41, 5.74) is 10.5. The van der Waals surface area contributed by atoms with E-state index in [1.807, 2.05) is 12.1 Å². The smallest absolute Gasteiger partial charge is 0.166 e. The quantitative estimate of drug-likeness (QED) is 0.173. The van der Waals surface area contributed by atoms with Crippen LogP contribution in [-0.2, 0) is 0 Å². The van der Waals surface area contributed by atoms with E-state index in [-0.39, 0.29) is 0 Å². The number of hydrogen-bond donors (Lipinski definition) is 0. The molecule has 0 aliphatic rings. The number of furan rings is 1. The van der Waals surface area contributed by atoms with Crippen molar-refractivity contribution < 1.29 is 4.42 Å². The first kappa shape index (κ1) is 37.8. The highest BCUT2D eigenvalue weighted by molar-refractivity contribution is 6.24. The summed E-state index contributed by atoms with van der Waals surface area (Å²) in [6.07, 6.45) is 0. The maximum atomic E-state index is 6.74. The summed E-state index contributed by atoms with van der Waals surface area (Å²) >= 11 is 0. The van der Waals surface area contributed by atoms with Crippen LogP contribution in [0.15, 0.2) is 229 Å². The average molecular weight is 880 g/mol. The maximum absolute atomic E-state index is 6.74. The van der Waals surface area contributed by atoms with E-state index in [9.17, 15) is 0 Å². The van der Waals surface area contributed by atoms with E-state index < -0.39 is 0 Å². The predicted molar refractivity (Wildman–Crippen MR) is 285 cm³/mol. The summed E-state index contributed by atoms with van der Waals surface area (Å²) in [5.74, 6) is 1.70. The molecule has 0 fully saturated rings. The Balaban J connectivity index is 1.10. The lowest BCUT2D eigenvalue weighted by molar-refractivity contribution is 0.669. The maximum Gasteiger partial charge on any atom is 0.166 e. The van der Waals surface area contributed by atoms with Crippen molar-refractivity contribution in [1.29, 1.82) is 0 Å². The molecule has 15 rings (SSSR count). The van der Waals surface area contributed by atoms with Crippen LogP contribution in [0.4, 0.5) is 0 Å². The van der Waals surface area contributed by atoms with Crippen LogP contribution in [0.5, 0.6) is 0 Å². The molecule has 15 aromatic rings. The minimum absolute atomic E-state index is 0.538. The van der Waals surface area contributed by atoms with Crippen molar-refractivity contribution in [3.8, 4) is 45.5 Å². The molecule has 0 bridgehead atoms. The highest BCUT2D eigenvalue weighted by Gasteiger charge is 2.25. The highest BCUT2D eigenvalue weighted by atomic mass is 16.3. The number of para-hydroxylation sites is 4. The van der Waals surface area contributed by atoms with E-state index in [0.717, 1.165) is 99.0 Å². The van der Waals surface area contributed by atoms with Gasteiger partial charge in [0.05, 0.1) is 27.8 Å². The normalized spacial score (nSPS) is 12.1. The van der Waals surface area contributed by atoms with Gasteiger partial charge in [0, 0.05) is 54.7 Å². The van der Waals surface area contributed by atoms with Crippen molar-refractivity contribution in [1.82, 2.24) is 24.1 Å². The van der Waals surface area contributed by atoms with Crippen LogP contribution in [0.3, 0.4) is 0 Å². The van der Waals surface area contributed by atoms with Crippen molar-refractivity contribution >= 4 is 97.9 Å². The number of fused-ring (bicyclic) bond motifs is 13. The van der Waals surface area contributed by atoms with Gasteiger partial charge in [0.2, 0.25) is 0 Å². The van der Waals surface area contributed by atoms with Crippen LogP contribution in [0.1, 0.15) is 0 Å². The zero-order valence-corrected chi connectivity index (χ0v) is 37.0. The molecule has 6 nitrogen and oxygen atoms in total. The Hall–Kier alpha value is -9.39. The molecule has 0 aliphatic heterocycles. The predicted octanol–water partition coefficient (Wildman–Crippen LogP) is 16.4. The largest absolute Gasteiger partial charge is 0.456 e. The number of benzene rings is 11. The molecule has 0 atom stereocenters. The molecule has 4 aromatic heterocycles. The molecule has 0 spiro atoms. The first-order valence-electron chi connectivity index (χ1n) is 23.3. The third-order valence-corrected chi connectivity index (χ3v) is 14.1. The molecule has 69 heavy (non-hydrogen) atoms. The Labute approximate surface area is 394 Å². The summed E-state index contributed by atoms with van der Waals surface area (Å²) in [4.78, 5) is 16.7. The average Bonchev–Trinajstić information content (AvgIpc) is 4.07. The van der Waals surface area contributed by atoms with E-state index >= 15 is 0 Å². The monoisotopic (exact) mass is 879 g/mol. The minimum Gasteiger partial charge on any atom is -0.456 e. The van der Waals surface area contributed by atoms with E-state index in [0.29, 0.717) is 17.5 Å². The molecule has 4 heterocycles. The van der Waals surface area contributed by atoms with E-state index in [2.05, 4.69) is 221 Å². The van der Waals surface area contributed by atoms with Gasteiger partial charge in [-0.15, -0.1) is 0 Å². The Morgan fingerprint density at radius 2 is 0.899 bits per heavy atom. The Kier molecular flexibility index (Phi) is 7.97. The molecule has 0 N–H and O–H groups in total. The van der Waals surface area contributed by atoms with Crippen LogP contribution in [0.2, 0.25) is 0 Å². The van der Waals surface area contributed by atoms with Gasteiger partial charge in [0.25, 0.3) is 0 Å². The molecule has 320 valence electrons. The van der Waals surface area contributed by atoms with Crippen LogP contribution in [-0.4, -0.2) is 24.1 Å². The van der Waals surface area contributed by atoms with Crippen LogP contribution < -0.4 is 0 Å². The molecule has 0 aliphatic carbocycles. The van der Waals surface area contributed by atoms with Gasteiger partial charge in [-0.1, -0.05) is 164 Å². The Bertz CT molecular complexity index is 4610. The summed E-state index contributed by atoms with van der Waals surface area (Å²) in [7, 11) is 0. The summed E-state index contributed by atoms with van der Waals surface area (Å²) in [6.45, 7) is 0. The third kappa shape index (κ3) is 5.63. The molecule has 11 aromatic carbocycles. The minimum atomic E-state index is 0.538. The summed E-state index contributed by atoms with van der Waals surface area (Å²) in [5, 5.41) is 13.6. The van der Waals surface area contributed by atoms with E-state index in [1.54, 1.807) is 0 Å². The zero-order chi connectivity index (χ0) is 45.2. The lowest BCUT2D eigenvalue weighted by Crippen LogP contribution is -2.05. The fourth-order valence-corrected chi connectivity index (χ4v) is 11.1. The molecule has 0 saturated carbocycles. The zero-order valence-electron chi connectivity index (χ0n) is 37.0. The lowest BCUT2D eigenvalue weighted by Gasteiger charge is -2.16. The molecule has 0 amide bonds. The molecule has 0 saturated heterocycles. The third-order valence-electron chi connectivity index (χ3n) is 14.1. The van der Waals surface area contributed by atoms with Crippen LogP contribution >= 0.6 is 0 Å². The van der Waals surface area contributed by atoms with Crippen molar-refractivity contribution in [2.45, 2.75) is 0 Å². The Morgan fingerprint density at radius 1 is 0.304 bits per heavy atom.